The van der Waals surface area contributed by atoms with E-state index in [9.17, 15) is 36.2 Å². The second-order valence-corrected chi connectivity index (χ2v) is 8.90. The van der Waals surface area contributed by atoms with Gasteiger partial charge in [0.1, 0.15) is 11.6 Å². The van der Waals surface area contributed by atoms with Crippen molar-refractivity contribution in [3.05, 3.63) is 80.3 Å². The molecule has 0 spiro atoms. The number of nitrogens with zero attached hydrogens (tertiary/aromatic N) is 3. The monoisotopic (exact) mass is 529 g/mol. The van der Waals surface area contributed by atoms with Gasteiger partial charge in [-0.2, -0.15) is 26.3 Å². The van der Waals surface area contributed by atoms with Gasteiger partial charge in [-0.25, -0.2) is 9.97 Å². The summed E-state index contributed by atoms with van der Waals surface area (Å²) in [4.78, 5) is 22.3. The Hall–Kier alpha value is -3.45. The Morgan fingerprint density at radius 2 is 1.64 bits per heavy atom. The molecule has 0 radical (unpaired) electrons. The first kappa shape index (κ1) is 25.6. The normalized spacial score (nSPS) is 12.8. The number of aryl methyl sites for hydroxylation is 1. The highest BCUT2D eigenvalue weighted by atomic mass is 32.1. The number of benzene rings is 2. The van der Waals surface area contributed by atoms with Crippen molar-refractivity contribution < 1.29 is 36.2 Å². The third-order valence-electron chi connectivity index (χ3n) is 5.51. The van der Waals surface area contributed by atoms with Crippen LogP contribution in [-0.4, -0.2) is 39.1 Å². The summed E-state index contributed by atoms with van der Waals surface area (Å²) in [7, 11) is 1.40. The van der Waals surface area contributed by atoms with Gasteiger partial charge in [-0.3, -0.25) is 9.36 Å². The predicted octanol–water partition coefficient (Wildman–Crippen LogP) is 5.06. The number of halogens is 6. The van der Waals surface area contributed by atoms with Crippen molar-refractivity contribution in [1.29, 1.82) is 0 Å². The van der Waals surface area contributed by atoms with Crippen molar-refractivity contribution in [1.82, 2.24) is 14.5 Å². The van der Waals surface area contributed by atoms with Crippen molar-refractivity contribution in [3.63, 3.8) is 0 Å². The van der Waals surface area contributed by atoms with Gasteiger partial charge >= 0.3 is 12.4 Å². The van der Waals surface area contributed by atoms with E-state index in [0.29, 0.717) is 29.1 Å². The molecular formula is C23H17F6N3O3S. The lowest BCUT2D eigenvalue weighted by molar-refractivity contribution is -0.376. The van der Waals surface area contributed by atoms with Gasteiger partial charge < -0.3 is 9.84 Å². The van der Waals surface area contributed by atoms with Gasteiger partial charge in [0.25, 0.3) is 11.2 Å². The number of ether oxygens (including phenoxy) is 1. The van der Waals surface area contributed by atoms with Crippen molar-refractivity contribution in [2.45, 2.75) is 31.3 Å². The van der Waals surface area contributed by atoms with E-state index in [1.165, 1.54) is 24.5 Å². The van der Waals surface area contributed by atoms with E-state index in [1.807, 2.05) is 0 Å². The van der Waals surface area contributed by atoms with Crippen LogP contribution in [0.1, 0.15) is 22.1 Å². The van der Waals surface area contributed by atoms with E-state index in [0.717, 1.165) is 21.7 Å². The molecule has 13 heteroatoms. The largest absolute Gasteiger partial charge is 0.497 e. The molecule has 4 rings (SSSR count). The van der Waals surface area contributed by atoms with Crippen molar-refractivity contribution in [2.75, 3.05) is 7.11 Å². The Balaban J connectivity index is 1.91. The summed E-state index contributed by atoms with van der Waals surface area (Å²) >= 11 is 1.36. The molecule has 0 aliphatic rings. The van der Waals surface area contributed by atoms with Crippen LogP contribution < -0.4 is 10.3 Å². The number of thiazole rings is 1. The average Bonchev–Trinajstić information content (AvgIpc) is 3.21. The maximum atomic E-state index is 13.5. The van der Waals surface area contributed by atoms with Crippen LogP contribution in [-0.2, 0) is 12.0 Å². The maximum Gasteiger partial charge on any atom is 0.430 e. The van der Waals surface area contributed by atoms with E-state index in [4.69, 9.17) is 4.74 Å². The Morgan fingerprint density at radius 3 is 2.17 bits per heavy atom. The topological polar surface area (TPSA) is 77.2 Å². The molecule has 190 valence electrons. The number of alkyl halides is 6. The third kappa shape index (κ3) is 4.32. The first-order valence-corrected chi connectivity index (χ1v) is 11.1. The molecule has 0 aliphatic heterocycles. The molecule has 0 saturated carbocycles. The highest BCUT2D eigenvalue weighted by Gasteiger charge is 2.71. The molecule has 0 fully saturated rings. The lowest BCUT2D eigenvalue weighted by atomic mass is 9.92. The fraction of sp³-hybridized carbons (Fsp3) is 0.261. The smallest absolute Gasteiger partial charge is 0.430 e. The molecule has 4 aromatic rings. The second-order valence-electron chi connectivity index (χ2n) is 7.84. The lowest BCUT2D eigenvalue weighted by Gasteiger charge is -2.32. The quantitative estimate of drug-likeness (QED) is 0.366. The SMILES string of the molecule is COc1ccc2nc(Cc3csc(C)n3)n(-c3ccc(C(O)(C(F)(F)F)C(F)(F)F)cc3)c(=O)c2c1. The van der Waals surface area contributed by atoms with Gasteiger partial charge in [0, 0.05) is 17.4 Å². The minimum atomic E-state index is -6.03. The fourth-order valence-electron chi connectivity index (χ4n) is 3.71. The fourth-order valence-corrected chi connectivity index (χ4v) is 4.33. The number of methoxy groups -OCH3 is 1. The van der Waals surface area contributed by atoms with Crippen molar-refractivity contribution >= 4 is 22.2 Å². The number of hydrogen-bond acceptors (Lipinski definition) is 6. The molecule has 36 heavy (non-hydrogen) atoms. The van der Waals surface area contributed by atoms with Crippen LogP contribution in [0.4, 0.5) is 26.3 Å². The Morgan fingerprint density at radius 1 is 1.00 bits per heavy atom. The molecule has 2 heterocycles. The van der Waals surface area contributed by atoms with Crippen LogP contribution in [0.2, 0.25) is 0 Å². The van der Waals surface area contributed by atoms with E-state index < -0.39 is 29.1 Å². The first-order chi connectivity index (χ1) is 16.8. The number of rotatable bonds is 5. The highest BCUT2D eigenvalue weighted by molar-refractivity contribution is 7.09. The second kappa shape index (κ2) is 8.89. The molecule has 0 bridgehead atoms. The molecular weight excluding hydrogens is 512 g/mol. The summed E-state index contributed by atoms with van der Waals surface area (Å²) in [6.45, 7) is 1.78. The van der Waals surface area contributed by atoms with Crippen LogP contribution in [0, 0.1) is 6.92 Å². The van der Waals surface area contributed by atoms with Crippen LogP contribution >= 0.6 is 11.3 Å². The summed E-state index contributed by atoms with van der Waals surface area (Å²) in [5, 5.41) is 12.3. The number of aromatic nitrogens is 3. The van der Waals surface area contributed by atoms with Crippen LogP contribution in [0.25, 0.3) is 16.6 Å². The third-order valence-corrected chi connectivity index (χ3v) is 6.34. The van der Waals surface area contributed by atoms with Crippen molar-refractivity contribution in [2.24, 2.45) is 0 Å². The Labute approximate surface area is 203 Å². The van der Waals surface area contributed by atoms with E-state index >= 15 is 0 Å². The lowest BCUT2D eigenvalue weighted by Crippen LogP contribution is -2.53. The molecule has 0 unspecified atom stereocenters. The molecule has 0 saturated heterocycles. The molecule has 0 atom stereocenters. The maximum absolute atomic E-state index is 13.5. The van der Waals surface area contributed by atoms with Gasteiger partial charge in [0.15, 0.2) is 0 Å². The minimum Gasteiger partial charge on any atom is -0.497 e. The average molecular weight is 529 g/mol. The van der Waals surface area contributed by atoms with Crippen LogP contribution in [0.5, 0.6) is 5.75 Å². The van der Waals surface area contributed by atoms with Crippen molar-refractivity contribution in [3.8, 4) is 11.4 Å². The van der Waals surface area contributed by atoms with Gasteiger partial charge in [-0.1, -0.05) is 12.1 Å². The summed E-state index contributed by atoms with van der Waals surface area (Å²) in [6.07, 6.45) is -12.0. The molecule has 2 aromatic heterocycles. The van der Waals surface area contributed by atoms with E-state index in [-0.39, 0.29) is 23.3 Å². The van der Waals surface area contributed by atoms with Crippen LogP contribution in [0.3, 0.4) is 0 Å². The van der Waals surface area contributed by atoms with Gasteiger partial charge in [0.2, 0.25) is 0 Å². The Kier molecular flexibility index (Phi) is 6.33. The summed E-state index contributed by atoms with van der Waals surface area (Å²) in [6, 6.07) is 7.33. The summed E-state index contributed by atoms with van der Waals surface area (Å²) in [5.41, 5.74) is -6.29. The van der Waals surface area contributed by atoms with E-state index in [1.54, 1.807) is 24.4 Å². The number of aliphatic hydroxyl groups is 1. The summed E-state index contributed by atoms with van der Waals surface area (Å²) in [5.74, 6) is 0.518. The number of hydrogen-bond donors (Lipinski definition) is 1. The summed E-state index contributed by atoms with van der Waals surface area (Å²) < 4.78 is 85.9. The minimum absolute atomic E-state index is 0.0466. The first-order valence-electron chi connectivity index (χ1n) is 10.2. The van der Waals surface area contributed by atoms with E-state index in [2.05, 4.69) is 9.97 Å². The molecule has 2 aromatic carbocycles. The standard InChI is InChI=1S/C23H17F6N3O3S/c1-12-30-14(11-36-12)9-19-31-18-8-7-16(35-2)10-17(18)20(33)32(19)15-5-3-13(4-6-15)21(34,22(24,25)26)23(27,28)29/h3-8,10-11,34H,9H2,1-2H3. The number of fused-ring (bicyclic) bond motifs is 1. The Bertz CT molecular complexity index is 1460. The zero-order valence-corrected chi connectivity index (χ0v) is 19.4. The zero-order chi connectivity index (χ0) is 26.5. The van der Waals surface area contributed by atoms with Gasteiger partial charge in [-0.05, 0) is 37.3 Å². The molecule has 6 nitrogen and oxygen atoms in total. The van der Waals surface area contributed by atoms with Crippen LogP contribution in [0.15, 0.2) is 52.6 Å². The van der Waals surface area contributed by atoms with Gasteiger partial charge in [0.05, 0.1) is 34.4 Å². The highest BCUT2D eigenvalue weighted by Crippen LogP contribution is 2.50. The molecule has 0 amide bonds. The van der Waals surface area contributed by atoms with Gasteiger partial charge in [-0.15, -0.1) is 11.3 Å². The zero-order valence-electron chi connectivity index (χ0n) is 18.6. The predicted molar refractivity (Wildman–Crippen MR) is 120 cm³/mol. The molecule has 1 N–H and O–H groups in total. The molecule has 0 aliphatic carbocycles.